The number of hydrogen-bond acceptors (Lipinski definition) is 2. The van der Waals surface area contributed by atoms with Crippen LogP contribution in [-0.4, -0.2) is 17.9 Å². The number of aryl methyl sites for hydroxylation is 1. The van der Waals surface area contributed by atoms with Crippen molar-refractivity contribution < 1.29 is 4.79 Å². The number of benzene rings is 2. The fraction of sp³-hybridized carbons (Fsp3) is 0.125. The summed E-state index contributed by atoms with van der Waals surface area (Å²) in [5.41, 5.74) is 8.57. The molecule has 0 unspecified atom stereocenters. The van der Waals surface area contributed by atoms with Crippen LogP contribution in [0.15, 0.2) is 42.5 Å². The Balaban J connectivity index is 2.30. The van der Waals surface area contributed by atoms with Crippen LogP contribution in [0.1, 0.15) is 21.5 Å². The summed E-state index contributed by atoms with van der Waals surface area (Å²) in [6.07, 6.45) is 0. The maximum absolute atomic E-state index is 12.6. The van der Waals surface area contributed by atoms with E-state index in [9.17, 15) is 4.79 Å². The summed E-state index contributed by atoms with van der Waals surface area (Å²) in [7, 11) is 1.72. The lowest BCUT2D eigenvalue weighted by Crippen LogP contribution is -2.27. The van der Waals surface area contributed by atoms with Crippen LogP contribution in [0.25, 0.3) is 0 Å². The molecule has 0 aromatic heterocycles. The van der Waals surface area contributed by atoms with Gasteiger partial charge in [-0.1, -0.05) is 29.9 Å². The van der Waals surface area contributed by atoms with Crippen LogP contribution < -0.4 is 10.6 Å². The van der Waals surface area contributed by atoms with E-state index in [1.807, 2.05) is 25.1 Å². The first-order valence-electron chi connectivity index (χ1n) is 6.34. The van der Waals surface area contributed by atoms with Gasteiger partial charge < -0.3 is 10.6 Å². The predicted octanol–water partition coefficient (Wildman–Crippen LogP) is 3.56. The molecule has 0 fully saturated rings. The normalized spacial score (nSPS) is 10.2. The molecule has 21 heavy (non-hydrogen) atoms. The second-order valence-corrected chi connectivity index (χ2v) is 5.61. The number of carbonyl (C=O) groups excluding carboxylic acids is 1. The highest BCUT2D eigenvalue weighted by molar-refractivity contribution is 7.80. The summed E-state index contributed by atoms with van der Waals surface area (Å²) < 4.78 is 0. The van der Waals surface area contributed by atoms with E-state index in [0.717, 1.165) is 16.8 Å². The number of carbonyl (C=O) groups is 1. The third kappa shape index (κ3) is 3.40. The van der Waals surface area contributed by atoms with Gasteiger partial charge in [0.05, 0.1) is 0 Å². The predicted molar refractivity (Wildman–Crippen MR) is 91.3 cm³/mol. The average Bonchev–Trinajstić information content (AvgIpc) is 2.48. The standard InChI is InChI=1S/C16H15ClN2OS/c1-10-3-6-12(17)9-14(10)16(20)19(2)13-7-4-11(5-8-13)15(18)21/h3-9H,1-2H3,(H2,18,21). The Morgan fingerprint density at radius 1 is 1.19 bits per heavy atom. The zero-order valence-corrected chi connectivity index (χ0v) is 13.3. The van der Waals surface area contributed by atoms with E-state index in [2.05, 4.69) is 0 Å². The monoisotopic (exact) mass is 318 g/mol. The summed E-state index contributed by atoms with van der Waals surface area (Å²) >= 11 is 10.9. The van der Waals surface area contributed by atoms with E-state index in [-0.39, 0.29) is 5.91 Å². The van der Waals surface area contributed by atoms with Gasteiger partial charge in [-0.2, -0.15) is 0 Å². The summed E-state index contributed by atoms with van der Waals surface area (Å²) in [5, 5.41) is 0.543. The van der Waals surface area contributed by atoms with Gasteiger partial charge in [0, 0.05) is 28.9 Å². The molecule has 108 valence electrons. The van der Waals surface area contributed by atoms with Crippen molar-refractivity contribution in [3.63, 3.8) is 0 Å². The number of halogens is 1. The Bertz CT molecular complexity index is 698. The average molecular weight is 319 g/mol. The molecule has 0 bridgehead atoms. The zero-order valence-electron chi connectivity index (χ0n) is 11.8. The highest BCUT2D eigenvalue weighted by atomic mass is 35.5. The molecule has 0 saturated heterocycles. The van der Waals surface area contributed by atoms with Crippen LogP contribution in [-0.2, 0) is 0 Å². The quantitative estimate of drug-likeness (QED) is 0.880. The van der Waals surface area contributed by atoms with Crippen LogP contribution in [0.4, 0.5) is 5.69 Å². The van der Waals surface area contributed by atoms with Gasteiger partial charge in [0.1, 0.15) is 4.99 Å². The van der Waals surface area contributed by atoms with Crippen molar-refractivity contribution in [3.8, 4) is 0 Å². The number of thiocarbonyl (C=S) groups is 1. The molecule has 5 heteroatoms. The Labute approximate surface area is 134 Å². The number of nitrogens with zero attached hydrogens (tertiary/aromatic N) is 1. The molecule has 2 N–H and O–H groups in total. The fourth-order valence-electron chi connectivity index (χ4n) is 1.97. The largest absolute Gasteiger partial charge is 0.389 e. The highest BCUT2D eigenvalue weighted by Crippen LogP contribution is 2.21. The van der Waals surface area contributed by atoms with E-state index in [1.165, 1.54) is 0 Å². The third-order valence-electron chi connectivity index (χ3n) is 3.27. The molecular formula is C16H15ClN2OS. The highest BCUT2D eigenvalue weighted by Gasteiger charge is 2.16. The lowest BCUT2D eigenvalue weighted by Gasteiger charge is -2.19. The molecular weight excluding hydrogens is 304 g/mol. The topological polar surface area (TPSA) is 46.3 Å². The second-order valence-electron chi connectivity index (χ2n) is 4.73. The Morgan fingerprint density at radius 2 is 1.81 bits per heavy atom. The van der Waals surface area contributed by atoms with Gasteiger partial charge in [-0.15, -0.1) is 0 Å². The summed E-state index contributed by atoms with van der Waals surface area (Å²) in [6, 6.07) is 12.5. The lowest BCUT2D eigenvalue weighted by atomic mass is 10.1. The molecule has 0 spiro atoms. The van der Waals surface area contributed by atoms with Crippen molar-refractivity contribution in [2.45, 2.75) is 6.92 Å². The van der Waals surface area contributed by atoms with Crippen molar-refractivity contribution in [2.75, 3.05) is 11.9 Å². The van der Waals surface area contributed by atoms with Crippen LogP contribution in [0.2, 0.25) is 5.02 Å². The minimum absolute atomic E-state index is 0.113. The first-order valence-corrected chi connectivity index (χ1v) is 7.13. The minimum atomic E-state index is -0.113. The van der Waals surface area contributed by atoms with Gasteiger partial charge in [-0.05, 0) is 48.9 Å². The number of anilines is 1. The maximum Gasteiger partial charge on any atom is 0.258 e. The summed E-state index contributed by atoms with van der Waals surface area (Å²) in [4.78, 5) is 14.5. The van der Waals surface area contributed by atoms with Crippen molar-refractivity contribution in [2.24, 2.45) is 5.73 Å². The smallest absolute Gasteiger partial charge is 0.258 e. The molecule has 0 heterocycles. The van der Waals surface area contributed by atoms with Crippen molar-refractivity contribution >= 4 is 40.4 Å². The molecule has 0 saturated carbocycles. The molecule has 0 atom stereocenters. The van der Waals surface area contributed by atoms with Crippen LogP contribution in [0.5, 0.6) is 0 Å². The molecule has 2 rings (SSSR count). The van der Waals surface area contributed by atoms with Crippen LogP contribution in [0, 0.1) is 6.92 Å². The molecule has 0 radical (unpaired) electrons. The van der Waals surface area contributed by atoms with Gasteiger partial charge in [-0.25, -0.2) is 0 Å². The fourth-order valence-corrected chi connectivity index (χ4v) is 2.28. The van der Waals surface area contributed by atoms with E-state index >= 15 is 0 Å². The van der Waals surface area contributed by atoms with Gasteiger partial charge in [0.15, 0.2) is 0 Å². The molecule has 0 aliphatic heterocycles. The van der Waals surface area contributed by atoms with Crippen LogP contribution in [0.3, 0.4) is 0 Å². The van der Waals surface area contributed by atoms with Gasteiger partial charge in [0.2, 0.25) is 0 Å². The number of nitrogens with two attached hydrogens (primary N) is 1. The third-order valence-corrected chi connectivity index (χ3v) is 3.74. The first kappa shape index (κ1) is 15.5. The molecule has 0 aliphatic rings. The maximum atomic E-state index is 12.6. The number of rotatable bonds is 3. The molecule has 2 aromatic carbocycles. The van der Waals surface area contributed by atoms with Crippen molar-refractivity contribution in [1.29, 1.82) is 0 Å². The van der Waals surface area contributed by atoms with E-state index in [0.29, 0.717) is 15.6 Å². The van der Waals surface area contributed by atoms with E-state index in [1.54, 1.807) is 36.2 Å². The summed E-state index contributed by atoms with van der Waals surface area (Å²) in [6.45, 7) is 1.88. The molecule has 0 aliphatic carbocycles. The lowest BCUT2D eigenvalue weighted by molar-refractivity contribution is 0.0992. The zero-order chi connectivity index (χ0) is 15.6. The number of hydrogen-bond donors (Lipinski definition) is 1. The van der Waals surface area contributed by atoms with Crippen LogP contribution >= 0.6 is 23.8 Å². The Hall–Kier alpha value is -1.91. The van der Waals surface area contributed by atoms with E-state index in [4.69, 9.17) is 29.6 Å². The SMILES string of the molecule is Cc1ccc(Cl)cc1C(=O)N(C)c1ccc(C(N)=S)cc1. The molecule has 3 nitrogen and oxygen atoms in total. The summed E-state index contributed by atoms with van der Waals surface area (Å²) in [5.74, 6) is -0.113. The molecule has 1 amide bonds. The van der Waals surface area contributed by atoms with Crippen molar-refractivity contribution in [3.05, 3.63) is 64.2 Å². The minimum Gasteiger partial charge on any atom is -0.389 e. The number of amides is 1. The van der Waals surface area contributed by atoms with Gasteiger partial charge >= 0.3 is 0 Å². The van der Waals surface area contributed by atoms with Gasteiger partial charge in [-0.3, -0.25) is 4.79 Å². The van der Waals surface area contributed by atoms with E-state index < -0.39 is 0 Å². The molecule has 2 aromatic rings. The van der Waals surface area contributed by atoms with Crippen molar-refractivity contribution in [1.82, 2.24) is 0 Å². The first-order chi connectivity index (χ1) is 9.90. The van der Waals surface area contributed by atoms with Gasteiger partial charge in [0.25, 0.3) is 5.91 Å². The Kier molecular flexibility index (Phi) is 4.60. The Morgan fingerprint density at radius 3 is 2.38 bits per heavy atom. The second kappa shape index (κ2) is 6.24.